The third-order valence-electron chi connectivity index (χ3n) is 5.60. The van der Waals surface area contributed by atoms with Gasteiger partial charge in [-0.3, -0.25) is 28.9 Å². The number of hydrogen-bond donors (Lipinski definition) is 2. The maximum atomic E-state index is 12.4. The number of rotatable bonds is 11. The lowest BCUT2D eigenvalue weighted by Gasteiger charge is -2.23. The first-order valence-corrected chi connectivity index (χ1v) is 11.7. The number of amides is 4. The van der Waals surface area contributed by atoms with E-state index >= 15 is 0 Å². The van der Waals surface area contributed by atoms with Crippen LogP contribution in [0.3, 0.4) is 0 Å². The Kier molecular flexibility index (Phi) is 9.85. The molecular weight excluding hydrogens is 428 g/mol. The first-order valence-electron chi connectivity index (χ1n) is 11.7. The molecule has 186 valence electrons. The minimum absolute atomic E-state index is 0.0493. The van der Waals surface area contributed by atoms with Crippen LogP contribution in [0.5, 0.6) is 0 Å². The van der Waals surface area contributed by atoms with Crippen LogP contribution < -0.4 is 11.0 Å². The zero-order valence-corrected chi connectivity index (χ0v) is 20.5. The van der Waals surface area contributed by atoms with Gasteiger partial charge in [0.05, 0.1) is 0 Å². The van der Waals surface area contributed by atoms with E-state index < -0.39 is 24.0 Å². The van der Waals surface area contributed by atoms with E-state index in [0.29, 0.717) is 37.8 Å². The molecule has 2 saturated heterocycles. The summed E-state index contributed by atoms with van der Waals surface area (Å²) in [5.74, 6) is -0.635. The molecule has 33 heavy (non-hydrogen) atoms. The minimum Gasteiger partial charge on any atom is -0.337 e. The van der Waals surface area contributed by atoms with Crippen molar-refractivity contribution in [1.82, 2.24) is 20.8 Å². The molecule has 0 aromatic carbocycles. The van der Waals surface area contributed by atoms with Crippen LogP contribution in [-0.2, 0) is 28.9 Å². The Bertz CT molecular complexity index is 753. The minimum atomic E-state index is -0.714. The van der Waals surface area contributed by atoms with Crippen molar-refractivity contribution in [1.29, 1.82) is 0 Å². The molecule has 0 bridgehead atoms. The van der Waals surface area contributed by atoms with Crippen molar-refractivity contribution in [2.24, 2.45) is 11.8 Å². The molecule has 0 aromatic heterocycles. The molecule has 10 heteroatoms. The number of hydroxylamine groups is 2. The summed E-state index contributed by atoms with van der Waals surface area (Å²) in [6, 6.07) is 0.103. The molecule has 0 aromatic rings. The van der Waals surface area contributed by atoms with Crippen LogP contribution in [0.4, 0.5) is 0 Å². The Balaban J connectivity index is 1.68. The topological polar surface area (TPSA) is 117 Å². The Labute approximate surface area is 195 Å². The third-order valence-corrected chi connectivity index (χ3v) is 5.60. The predicted molar refractivity (Wildman–Crippen MR) is 121 cm³/mol. The zero-order chi connectivity index (χ0) is 24.7. The number of nitrogens with zero attached hydrogens (tertiary/aromatic N) is 2. The van der Waals surface area contributed by atoms with Gasteiger partial charge in [0.1, 0.15) is 0 Å². The lowest BCUT2D eigenvalue weighted by atomic mass is 10.2. The van der Waals surface area contributed by atoms with E-state index in [1.807, 2.05) is 41.5 Å². The summed E-state index contributed by atoms with van der Waals surface area (Å²) < 4.78 is 0. The highest BCUT2D eigenvalue weighted by molar-refractivity contribution is 5.88. The molecule has 0 saturated carbocycles. The van der Waals surface area contributed by atoms with Gasteiger partial charge in [0, 0.05) is 50.5 Å². The van der Waals surface area contributed by atoms with Crippen molar-refractivity contribution in [3.8, 4) is 0 Å². The van der Waals surface area contributed by atoms with Crippen LogP contribution in [0.1, 0.15) is 60.8 Å². The lowest BCUT2D eigenvalue weighted by molar-refractivity contribution is -0.149. The highest BCUT2D eigenvalue weighted by atomic mass is 16.7. The molecule has 2 rings (SSSR count). The quantitative estimate of drug-likeness (QED) is 0.350. The smallest absolute Gasteiger partial charge is 0.267 e. The van der Waals surface area contributed by atoms with Gasteiger partial charge in [-0.2, -0.15) is 0 Å². The number of nitrogens with one attached hydrogen (secondary N) is 2. The molecule has 2 unspecified atom stereocenters. The van der Waals surface area contributed by atoms with Crippen molar-refractivity contribution in [2.75, 3.05) is 13.1 Å². The fraction of sp³-hybridized carbons (Fsp3) is 0.739. The fourth-order valence-corrected chi connectivity index (χ4v) is 4.02. The largest absolute Gasteiger partial charge is 0.337 e. The van der Waals surface area contributed by atoms with E-state index in [2.05, 4.69) is 11.0 Å². The molecule has 4 atom stereocenters. The van der Waals surface area contributed by atoms with E-state index in [1.54, 1.807) is 9.80 Å². The Morgan fingerprint density at radius 3 is 1.82 bits per heavy atom. The van der Waals surface area contributed by atoms with Crippen molar-refractivity contribution in [3.05, 3.63) is 12.2 Å². The summed E-state index contributed by atoms with van der Waals surface area (Å²) in [6.07, 6.45) is 1.99. The summed E-state index contributed by atoms with van der Waals surface area (Å²) in [5.41, 5.74) is 4.52. The van der Waals surface area contributed by atoms with Crippen molar-refractivity contribution >= 4 is 23.6 Å². The van der Waals surface area contributed by atoms with Gasteiger partial charge in [0.15, 0.2) is 12.2 Å². The summed E-state index contributed by atoms with van der Waals surface area (Å²) in [6.45, 7) is 13.4. The molecule has 2 heterocycles. The van der Waals surface area contributed by atoms with Gasteiger partial charge in [0.2, 0.25) is 5.91 Å². The first kappa shape index (κ1) is 26.8. The summed E-state index contributed by atoms with van der Waals surface area (Å²) >= 11 is 0. The molecule has 4 amide bonds. The molecular formula is C23H38N4O6. The van der Waals surface area contributed by atoms with Crippen molar-refractivity contribution in [2.45, 2.75) is 85.1 Å². The Hall–Kier alpha value is -2.46. The van der Waals surface area contributed by atoms with Gasteiger partial charge in [0.25, 0.3) is 17.7 Å². The van der Waals surface area contributed by atoms with Crippen LogP contribution in [0.25, 0.3) is 0 Å². The highest BCUT2D eigenvalue weighted by Crippen LogP contribution is 2.23. The van der Waals surface area contributed by atoms with Crippen LogP contribution in [0.15, 0.2) is 12.2 Å². The molecule has 0 spiro atoms. The van der Waals surface area contributed by atoms with Crippen LogP contribution in [0, 0.1) is 11.8 Å². The average Bonchev–Trinajstić information content (AvgIpc) is 3.14. The second kappa shape index (κ2) is 12.1. The second-order valence-electron chi connectivity index (χ2n) is 9.75. The Morgan fingerprint density at radius 1 is 0.909 bits per heavy atom. The number of likely N-dealkylation sites (tertiary alicyclic amines) is 2. The van der Waals surface area contributed by atoms with E-state index in [-0.39, 0.29) is 30.3 Å². The molecule has 10 nitrogen and oxygen atoms in total. The van der Waals surface area contributed by atoms with Gasteiger partial charge in [-0.15, -0.1) is 0 Å². The maximum Gasteiger partial charge on any atom is 0.267 e. The van der Waals surface area contributed by atoms with E-state index in [0.717, 1.165) is 6.08 Å². The van der Waals surface area contributed by atoms with Crippen LogP contribution in [0.2, 0.25) is 0 Å². The number of carbonyl (C=O) groups excluding carboxylic acids is 4. The maximum absolute atomic E-state index is 12.4. The normalized spacial score (nSPS) is 25.7. The van der Waals surface area contributed by atoms with E-state index in [4.69, 9.17) is 9.68 Å². The standard InChI is InChI=1S/C23H38N4O6/c1-14(2)12-26-16(5)10-18(22(26)30)32-24-20(28)8-7-9-21(29)25-33-19-11-17(6)27(23(19)31)13-15(3)4/h7-8,14-19H,9-13H2,1-6H3,(H,24,28)(H,25,29)/b8-7+/t16?,17?,18-,19-/m1/s1. The lowest BCUT2D eigenvalue weighted by Crippen LogP contribution is -2.38. The fourth-order valence-electron chi connectivity index (χ4n) is 4.02. The number of carbonyl (C=O) groups is 4. The first-order chi connectivity index (χ1) is 15.5. The zero-order valence-electron chi connectivity index (χ0n) is 20.5. The van der Waals surface area contributed by atoms with Crippen LogP contribution in [-0.4, -0.2) is 70.8 Å². The van der Waals surface area contributed by atoms with Gasteiger partial charge in [-0.1, -0.05) is 33.8 Å². The van der Waals surface area contributed by atoms with E-state index in [1.165, 1.54) is 6.08 Å². The van der Waals surface area contributed by atoms with Crippen LogP contribution >= 0.6 is 0 Å². The van der Waals surface area contributed by atoms with Crippen molar-refractivity contribution in [3.63, 3.8) is 0 Å². The van der Waals surface area contributed by atoms with Crippen molar-refractivity contribution < 1.29 is 28.9 Å². The Morgan fingerprint density at radius 2 is 1.36 bits per heavy atom. The molecule has 0 radical (unpaired) electrons. The summed E-state index contributed by atoms with van der Waals surface area (Å²) in [4.78, 5) is 62.8. The van der Waals surface area contributed by atoms with Gasteiger partial charge in [-0.25, -0.2) is 11.0 Å². The SMILES string of the molecule is CC(C)CN1C(=O)[C@H](ONC(=O)/C=C/CC(=O)NO[C@@H]2CC(C)N(CC(C)C)C2=O)CC1C. The van der Waals surface area contributed by atoms with E-state index in [9.17, 15) is 19.2 Å². The summed E-state index contributed by atoms with van der Waals surface area (Å²) in [5, 5.41) is 0. The molecule has 2 aliphatic rings. The molecule has 2 fully saturated rings. The van der Waals surface area contributed by atoms with Gasteiger partial charge in [-0.05, 0) is 25.7 Å². The highest BCUT2D eigenvalue weighted by Gasteiger charge is 2.39. The summed E-state index contributed by atoms with van der Waals surface area (Å²) in [7, 11) is 0. The molecule has 2 aliphatic heterocycles. The molecule has 0 aliphatic carbocycles. The number of hydrogen-bond acceptors (Lipinski definition) is 6. The molecule has 2 N–H and O–H groups in total. The van der Waals surface area contributed by atoms with Gasteiger partial charge < -0.3 is 9.80 Å². The third kappa shape index (κ3) is 7.82. The monoisotopic (exact) mass is 466 g/mol. The predicted octanol–water partition coefficient (Wildman–Crippen LogP) is 1.32. The van der Waals surface area contributed by atoms with Gasteiger partial charge >= 0.3 is 0 Å². The average molecular weight is 467 g/mol. The second-order valence-corrected chi connectivity index (χ2v) is 9.75.